The van der Waals surface area contributed by atoms with Crippen molar-refractivity contribution >= 4 is 28.0 Å². The summed E-state index contributed by atoms with van der Waals surface area (Å²) in [4.78, 5) is 22.6. The molecule has 0 bridgehead atoms. The first-order valence-corrected chi connectivity index (χ1v) is 10.0. The second-order valence-electron chi connectivity index (χ2n) is 3.38. The van der Waals surface area contributed by atoms with E-state index in [-0.39, 0.29) is 88.7 Å². The molecule has 0 fully saturated rings. The standard InChI is InChI=1S/C9H20O2PS2.3Na/c1-3-5-7-9-14(8-6-4-2)12(10,11)13;;;/h3-9H2,1-2H3;;;/q-3;3*+1. The van der Waals surface area contributed by atoms with Gasteiger partial charge >= 0.3 is 88.7 Å². The van der Waals surface area contributed by atoms with Crippen LogP contribution in [0.5, 0.6) is 0 Å². The van der Waals surface area contributed by atoms with Crippen LogP contribution in [0.3, 0.4) is 0 Å². The zero-order valence-corrected chi connectivity index (χ0v) is 20.6. The molecule has 0 aliphatic heterocycles. The summed E-state index contributed by atoms with van der Waals surface area (Å²) in [6, 6.07) is 0. The normalized spacial score (nSPS) is 11.8. The molecule has 0 N–H and O–H groups in total. The molecule has 0 saturated carbocycles. The molecule has 0 spiro atoms. The average molecular weight is 324 g/mol. The predicted molar refractivity (Wildman–Crippen MR) is 65.8 cm³/mol. The van der Waals surface area contributed by atoms with Gasteiger partial charge < -0.3 is 27.7 Å². The number of hydrogen-bond acceptors (Lipinski definition) is 3. The monoisotopic (exact) mass is 324 g/mol. The minimum absolute atomic E-state index is 0. The van der Waals surface area contributed by atoms with Gasteiger partial charge in [-0.25, -0.2) is 10.1 Å². The van der Waals surface area contributed by atoms with Gasteiger partial charge in [0.2, 0.25) is 0 Å². The second-order valence-corrected chi connectivity index (χ2v) is 11.1. The van der Waals surface area contributed by atoms with Crippen LogP contribution in [-0.4, -0.2) is 11.5 Å². The van der Waals surface area contributed by atoms with Crippen LogP contribution in [-0.2, 0) is 22.3 Å². The number of unbranched alkanes of at least 4 members (excludes halogenated alkanes) is 3. The van der Waals surface area contributed by atoms with Gasteiger partial charge in [0.15, 0.2) is 0 Å². The van der Waals surface area contributed by atoms with Crippen LogP contribution in [0.25, 0.3) is 0 Å². The maximum Gasteiger partial charge on any atom is 1.00 e. The minimum Gasteiger partial charge on any atom is -0.854 e. The Morgan fingerprint density at radius 3 is 1.65 bits per heavy atom. The van der Waals surface area contributed by atoms with E-state index in [1.54, 1.807) is 0 Å². The van der Waals surface area contributed by atoms with Crippen molar-refractivity contribution in [3.63, 3.8) is 0 Å². The maximum atomic E-state index is 11.3. The molecule has 2 nitrogen and oxygen atoms in total. The van der Waals surface area contributed by atoms with Gasteiger partial charge in [0.25, 0.3) is 0 Å². The predicted octanol–water partition coefficient (Wildman–Crippen LogP) is -7.45. The van der Waals surface area contributed by atoms with E-state index in [0.29, 0.717) is 0 Å². The Balaban J connectivity index is -0.000000282. The maximum absolute atomic E-state index is 11.3. The molecule has 0 aromatic rings. The van der Waals surface area contributed by atoms with Gasteiger partial charge in [0, 0.05) is 0 Å². The first kappa shape index (κ1) is 29.1. The SMILES string of the molecule is CCCCCS(CCCC)=P([O-])([O-])[S-].[Na+].[Na+].[Na+]. The summed E-state index contributed by atoms with van der Waals surface area (Å²) in [7, 11) is -0.528. The van der Waals surface area contributed by atoms with Crippen LogP contribution in [0.1, 0.15) is 46.0 Å². The van der Waals surface area contributed by atoms with Crippen molar-refractivity contribution in [2.45, 2.75) is 46.0 Å². The molecule has 0 amide bonds. The van der Waals surface area contributed by atoms with Crippen molar-refractivity contribution in [3.05, 3.63) is 0 Å². The van der Waals surface area contributed by atoms with E-state index in [2.05, 4.69) is 26.1 Å². The van der Waals surface area contributed by atoms with Gasteiger partial charge in [-0.1, -0.05) is 33.1 Å². The van der Waals surface area contributed by atoms with Crippen molar-refractivity contribution in [1.82, 2.24) is 0 Å². The fourth-order valence-corrected chi connectivity index (χ4v) is 6.42. The van der Waals surface area contributed by atoms with E-state index in [0.717, 1.165) is 43.6 Å². The third-order valence-corrected chi connectivity index (χ3v) is 9.08. The van der Waals surface area contributed by atoms with E-state index in [9.17, 15) is 9.79 Å². The minimum atomic E-state index is -3.48. The molecule has 0 aliphatic carbocycles. The van der Waals surface area contributed by atoms with E-state index in [4.69, 9.17) is 0 Å². The van der Waals surface area contributed by atoms with Crippen molar-refractivity contribution in [2.24, 2.45) is 0 Å². The molecule has 0 radical (unpaired) electrons. The van der Waals surface area contributed by atoms with Gasteiger partial charge in [0.1, 0.15) is 0 Å². The summed E-state index contributed by atoms with van der Waals surface area (Å²) in [6.45, 7) is 4.20. The smallest absolute Gasteiger partial charge is 0.854 e. The quantitative estimate of drug-likeness (QED) is 0.202. The number of rotatable bonds is 7. The van der Waals surface area contributed by atoms with Crippen LogP contribution in [0.4, 0.5) is 0 Å². The molecule has 17 heavy (non-hydrogen) atoms. The molecule has 0 heterocycles. The summed E-state index contributed by atoms with van der Waals surface area (Å²) in [5, 5.41) is 0. The molecule has 88 valence electrons. The van der Waals surface area contributed by atoms with Crippen molar-refractivity contribution in [2.75, 3.05) is 11.5 Å². The van der Waals surface area contributed by atoms with E-state index in [1.807, 2.05) is 0 Å². The van der Waals surface area contributed by atoms with E-state index < -0.39 is 15.8 Å². The largest absolute Gasteiger partial charge is 1.00 e. The third-order valence-electron chi connectivity index (χ3n) is 2.03. The Morgan fingerprint density at radius 2 is 1.29 bits per heavy atom. The van der Waals surface area contributed by atoms with Gasteiger partial charge in [0.05, 0.1) is 0 Å². The fraction of sp³-hybridized carbons (Fsp3) is 1.00. The van der Waals surface area contributed by atoms with Gasteiger partial charge in [-0.15, -0.1) is 0 Å². The zero-order chi connectivity index (χ0) is 11.0. The first-order chi connectivity index (χ1) is 6.52. The molecule has 1 unspecified atom stereocenters. The van der Waals surface area contributed by atoms with Gasteiger partial charge in [-0.05, 0) is 24.3 Å². The third kappa shape index (κ3) is 18.0. The van der Waals surface area contributed by atoms with Crippen molar-refractivity contribution in [1.29, 1.82) is 0 Å². The number of hydrogen-bond donors (Lipinski definition) is 0. The van der Waals surface area contributed by atoms with Crippen LogP contribution < -0.4 is 98.5 Å². The fourth-order valence-electron chi connectivity index (χ4n) is 1.16. The summed E-state index contributed by atoms with van der Waals surface area (Å²) >= 11 is 4.58. The Labute approximate surface area is 181 Å². The summed E-state index contributed by atoms with van der Waals surface area (Å²) < 4.78 is 0. The topological polar surface area (TPSA) is 46.1 Å². The summed E-state index contributed by atoms with van der Waals surface area (Å²) in [5.74, 6) is 1.57. The van der Waals surface area contributed by atoms with Crippen molar-refractivity contribution in [3.8, 4) is 0 Å². The van der Waals surface area contributed by atoms with Crippen LogP contribution in [0.2, 0.25) is 0 Å². The zero-order valence-electron chi connectivity index (χ0n) is 12.0. The second kappa shape index (κ2) is 18.1. The summed E-state index contributed by atoms with van der Waals surface area (Å²) in [5.41, 5.74) is -3.48. The molecular formula is C9H20Na3O2PS2. The van der Waals surface area contributed by atoms with E-state index >= 15 is 0 Å². The van der Waals surface area contributed by atoms with Gasteiger partial charge in [-0.3, -0.25) is 0 Å². The average Bonchev–Trinajstić information content (AvgIpc) is 2.09. The van der Waals surface area contributed by atoms with Crippen molar-refractivity contribution < 1.29 is 98.5 Å². The van der Waals surface area contributed by atoms with Gasteiger partial charge in [-0.2, -0.15) is 0 Å². The molecule has 0 rings (SSSR count). The molecule has 0 aromatic carbocycles. The Bertz CT molecular complexity index is 204. The molecular weight excluding hydrogens is 304 g/mol. The molecule has 8 heteroatoms. The summed E-state index contributed by atoms with van der Waals surface area (Å²) in [6.07, 6.45) is 5.29. The Kier molecular flexibility index (Phi) is 31.0. The van der Waals surface area contributed by atoms with Crippen LogP contribution in [0, 0.1) is 0 Å². The first-order valence-electron chi connectivity index (χ1n) is 5.22. The van der Waals surface area contributed by atoms with Crippen LogP contribution in [0.15, 0.2) is 0 Å². The molecule has 0 aliphatic rings. The Morgan fingerprint density at radius 1 is 0.882 bits per heavy atom. The molecule has 0 saturated heterocycles. The molecule has 0 aromatic heterocycles. The Hall–Kier alpha value is 4.05. The molecule has 1 atom stereocenters. The van der Waals surface area contributed by atoms with E-state index in [1.165, 1.54) is 0 Å². The van der Waals surface area contributed by atoms with Crippen LogP contribution >= 0.6 is 5.69 Å².